The third kappa shape index (κ3) is 2.78. The van der Waals surface area contributed by atoms with E-state index in [1.165, 1.54) is 0 Å². The lowest BCUT2D eigenvalue weighted by Gasteiger charge is -2.02. The highest BCUT2D eigenvalue weighted by molar-refractivity contribution is 6.67. The molecular weight excluding hydrogens is 313 g/mol. The van der Waals surface area contributed by atoms with Crippen LogP contribution in [-0.4, -0.2) is 9.97 Å². The third-order valence-electron chi connectivity index (χ3n) is 1.15. The van der Waals surface area contributed by atoms with E-state index in [0.717, 1.165) is 0 Å². The first-order valence-electron chi connectivity index (χ1n) is 3.03. The maximum absolute atomic E-state index is 5.70. The lowest BCUT2D eigenvalue weighted by Crippen LogP contribution is -1.92. The van der Waals surface area contributed by atoms with Crippen LogP contribution in [0.5, 0.6) is 0 Å². The van der Waals surface area contributed by atoms with E-state index in [0.29, 0.717) is 0 Å². The maximum atomic E-state index is 5.70. The van der Waals surface area contributed by atoms with Crippen molar-refractivity contribution in [2.75, 3.05) is 0 Å². The first kappa shape index (κ1) is 12.6. The summed E-state index contributed by atoms with van der Waals surface area (Å²) in [5.41, 5.74) is 0.0859. The molecule has 14 heavy (non-hydrogen) atoms. The monoisotopic (exact) mass is 310 g/mol. The van der Waals surface area contributed by atoms with Gasteiger partial charge in [-0.2, -0.15) is 0 Å². The first-order valence-corrected chi connectivity index (χ1v) is 5.30. The van der Waals surface area contributed by atoms with Crippen molar-refractivity contribution in [2.24, 2.45) is 0 Å². The molecular formula is C6Cl6N2. The van der Waals surface area contributed by atoms with E-state index in [1.54, 1.807) is 0 Å². The quantitative estimate of drug-likeness (QED) is 0.746. The minimum absolute atomic E-state index is 0.0180. The Balaban J connectivity index is 3.37. The Hall–Kier alpha value is 0.560. The Morgan fingerprint density at radius 2 is 1.29 bits per heavy atom. The number of nitrogens with zero attached hydrogens (tertiary/aromatic N) is 2. The van der Waals surface area contributed by atoms with Crippen LogP contribution in [0.1, 0.15) is 5.69 Å². The lowest BCUT2D eigenvalue weighted by atomic mass is 10.4. The second-order valence-corrected chi connectivity index (χ2v) is 4.42. The molecule has 0 fully saturated rings. The van der Waals surface area contributed by atoms with Gasteiger partial charge in [-0.05, 0) is 0 Å². The average molecular weight is 313 g/mol. The minimum Gasteiger partial charge on any atom is -0.229 e. The van der Waals surface area contributed by atoms with E-state index in [9.17, 15) is 0 Å². The summed E-state index contributed by atoms with van der Waals surface area (Å²) in [7, 11) is 0. The van der Waals surface area contributed by atoms with Crippen molar-refractivity contribution < 1.29 is 0 Å². The van der Waals surface area contributed by atoms with Gasteiger partial charge >= 0.3 is 0 Å². The molecule has 1 aromatic heterocycles. The van der Waals surface area contributed by atoms with Gasteiger partial charge in [0.1, 0.15) is 10.2 Å². The minimum atomic E-state index is -0.179. The van der Waals surface area contributed by atoms with Gasteiger partial charge in [0.2, 0.25) is 0 Å². The fourth-order valence-electron chi connectivity index (χ4n) is 0.605. The molecule has 0 radical (unpaired) electrons. The Labute approximate surface area is 110 Å². The molecule has 1 rings (SSSR count). The van der Waals surface area contributed by atoms with E-state index in [4.69, 9.17) is 69.6 Å². The number of hydrogen-bond donors (Lipinski definition) is 0. The molecule has 0 bridgehead atoms. The zero-order valence-electron chi connectivity index (χ0n) is 6.16. The highest BCUT2D eigenvalue weighted by atomic mass is 35.5. The van der Waals surface area contributed by atoms with Gasteiger partial charge < -0.3 is 0 Å². The molecule has 0 saturated carbocycles. The van der Waals surface area contributed by atoms with Crippen LogP contribution in [-0.2, 0) is 0 Å². The SMILES string of the molecule is ClC(Cl)=C(Cl)c1nc(Cl)c(Cl)nc1Cl. The smallest absolute Gasteiger partial charge is 0.168 e. The summed E-state index contributed by atoms with van der Waals surface area (Å²) in [5, 5.41) is -0.109. The second kappa shape index (κ2) is 5.06. The summed E-state index contributed by atoms with van der Waals surface area (Å²) < 4.78 is -0.179. The van der Waals surface area contributed by atoms with Gasteiger partial charge in [0.15, 0.2) is 15.5 Å². The van der Waals surface area contributed by atoms with Crippen LogP contribution in [0, 0.1) is 0 Å². The molecule has 8 heteroatoms. The zero-order chi connectivity index (χ0) is 10.9. The third-order valence-corrected chi connectivity index (χ3v) is 2.97. The van der Waals surface area contributed by atoms with Crippen molar-refractivity contribution in [2.45, 2.75) is 0 Å². The van der Waals surface area contributed by atoms with Gasteiger partial charge in [0.25, 0.3) is 0 Å². The van der Waals surface area contributed by atoms with E-state index in [1.807, 2.05) is 0 Å². The average Bonchev–Trinajstić information content (AvgIpc) is 2.10. The van der Waals surface area contributed by atoms with Gasteiger partial charge in [0, 0.05) is 0 Å². The fourth-order valence-corrected chi connectivity index (χ4v) is 1.48. The Kier molecular flexibility index (Phi) is 4.56. The Morgan fingerprint density at radius 1 is 0.786 bits per heavy atom. The van der Waals surface area contributed by atoms with Gasteiger partial charge in [-0.3, -0.25) is 0 Å². The van der Waals surface area contributed by atoms with Crippen LogP contribution in [0.3, 0.4) is 0 Å². The number of halogens is 6. The molecule has 0 aliphatic carbocycles. The summed E-state index contributed by atoms with van der Waals surface area (Å²) in [5.74, 6) is 0. The van der Waals surface area contributed by atoms with Crippen LogP contribution in [0.2, 0.25) is 15.5 Å². The molecule has 1 aromatic rings. The van der Waals surface area contributed by atoms with Crippen molar-refractivity contribution in [3.63, 3.8) is 0 Å². The molecule has 0 saturated heterocycles. The molecule has 0 aromatic carbocycles. The van der Waals surface area contributed by atoms with Crippen molar-refractivity contribution in [1.82, 2.24) is 9.97 Å². The van der Waals surface area contributed by atoms with Gasteiger partial charge in [-0.1, -0.05) is 69.6 Å². The first-order chi connectivity index (χ1) is 6.43. The predicted molar refractivity (Wildman–Crippen MR) is 61.5 cm³/mol. The van der Waals surface area contributed by atoms with E-state index in [2.05, 4.69) is 9.97 Å². The fraction of sp³-hybridized carbons (Fsp3) is 0. The van der Waals surface area contributed by atoms with Gasteiger partial charge in [0.05, 0.1) is 5.03 Å². The van der Waals surface area contributed by atoms with E-state index < -0.39 is 0 Å². The largest absolute Gasteiger partial charge is 0.229 e. The molecule has 1 heterocycles. The van der Waals surface area contributed by atoms with E-state index in [-0.39, 0.29) is 30.7 Å². The summed E-state index contributed by atoms with van der Waals surface area (Å²) in [6, 6.07) is 0. The number of hydrogen-bond acceptors (Lipinski definition) is 2. The highest BCUT2D eigenvalue weighted by Crippen LogP contribution is 2.32. The van der Waals surface area contributed by atoms with Crippen LogP contribution in [0.15, 0.2) is 4.49 Å². The molecule has 0 unspecified atom stereocenters. The van der Waals surface area contributed by atoms with Crippen molar-refractivity contribution in [3.8, 4) is 0 Å². The lowest BCUT2D eigenvalue weighted by molar-refractivity contribution is 1.18. The molecule has 0 aliphatic heterocycles. The molecule has 0 N–H and O–H groups in total. The molecule has 76 valence electrons. The van der Waals surface area contributed by atoms with Crippen LogP contribution in [0.25, 0.3) is 5.03 Å². The molecule has 2 nitrogen and oxygen atoms in total. The maximum Gasteiger partial charge on any atom is 0.168 e. The van der Waals surface area contributed by atoms with Gasteiger partial charge in [-0.25, -0.2) is 9.97 Å². The predicted octanol–water partition coefficient (Wildman–Crippen LogP) is 4.78. The van der Waals surface area contributed by atoms with Crippen molar-refractivity contribution in [3.05, 3.63) is 25.6 Å². The Morgan fingerprint density at radius 3 is 1.79 bits per heavy atom. The number of rotatable bonds is 1. The van der Waals surface area contributed by atoms with E-state index >= 15 is 0 Å². The zero-order valence-corrected chi connectivity index (χ0v) is 10.7. The molecule has 0 amide bonds. The van der Waals surface area contributed by atoms with Crippen LogP contribution in [0.4, 0.5) is 0 Å². The van der Waals surface area contributed by atoms with Gasteiger partial charge in [-0.15, -0.1) is 0 Å². The number of aromatic nitrogens is 2. The summed E-state index contributed by atoms with van der Waals surface area (Å²) in [6.45, 7) is 0. The molecule has 0 spiro atoms. The van der Waals surface area contributed by atoms with Crippen LogP contribution >= 0.6 is 69.6 Å². The second-order valence-electron chi connectivity index (χ2n) is 2.02. The van der Waals surface area contributed by atoms with Crippen molar-refractivity contribution in [1.29, 1.82) is 0 Å². The topological polar surface area (TPSA) is 25.8 Å². The summed E-state index contributed by atoms with van der Waals surface area (Å²) in [6.07, 6.45) is 0. The Bertz CT molecular complexity index is 398. The highest BCUT2D eigenvalue weighted by Gasteiger charge is 2.14. The molecule has 0 aliphatic rings. The van der Waals surface area contributed by atoms with Crippen molar-refractivity contribution >= 4 is 74.6 Å². The summed E-state index contributed by atoms with van der Waals surface area (Å²) in [4.78, 5) is 7.45. The summed E-state index contributed by atoms with van der Waals surface area (Å²) >= 11 is 33.4. The molecule has 0 atom stereocenters. The normalized spacial score (nSPS) is 10.1. The standard InChI is InChI=1S/C6Cl6N2/c7-1(3(8)9)2-4(10)14-6(12)5(11)13-2. The van der Waals surface area contributed by atoms with Crippen LogP contribution < -0.4 is 0 Å².